The number of carbonyl (C=O) groups is 2. The lowest BCUT2D eigenvalue weighted by Crippen LogP contribution is -2.53. The molecule has 2 amide bonds. The van der Waals surface area contributed by atoms with Gasteiger partial charge >= 0.3 is 0 Å². The highest BCUT2D eigenvalue weighted by molar-refractivity contribution is 7.92. The van der Waals surface area contributed by atoms with Crippen molar-refractivity contribution < 1.29 is 22.7 Å². The molecule has 9 heteroatoms. The van der Waals surface area contributed by atoms with Gasteiger partial charge in [0, 0.05) is 12.6 Å². The Morgan fingerprint density at radius 3 is 2.08 bits per heavy atom. The highest BCUT2D eigenvalue weighted by Gasteiger charge is 2.33. The maximum Gasteiger partial charge on any atom is 0.264 e. The van der Waals surface area contributed by atoms with Gasteiger partial charge in [0.05, 0.1) is 17.7 Å². The zero-order valence-corrected chi connectivity index (χ0v) is 24.9. The van der Waals surface area contributed by atoms with E-state index in [0.717, 1.165) is 21.0 Å². The summed E-state index contributed by atoms with van der Waals surface area (Å²) in [5, 5.41) is 2.90. The number of benzene rings is 3. The van der Waals surface area contributed by atoms with Crippen LogP contribution in [-0.2, 0) is 26.2 Å². The third-order valence-electron chi connectivity index (χ3n) is 6.51. The van der Waals surface area contributed by atoms with Crippen LogP contribution < -0.4 is 14.4 Å². The van der Waals surface area contributed by atoms with Crippen LogP contribution in [0.15, 0.2) is 77.7 Å². The zero-order chi connectivity index (χ0) is 29.4. The number of aryl methyl sites for hydroxylation is 2. The lowest BCUT2D eigenvalue weighted by Gasteiger charge is -2.33. The molecule has 8 nitrogen and oxygen atoms in total. The largest absolute Gasteiger partial charge is 0.497 e. The summed E-state index contributed by atoms with van der Waals surface area (Å²) in [6.45, 7) is 8.94. The summed E-state index contributed by atoms with van der Waals surface area (Å²) in [4.78, 5) is 28.8. The second-order valence-corrected chi connectivity index (χ2v) is 12.0. The van der Waals surface area contributed by atoms with E-state index in [1.54, 1.807) is 55.6 Å². The summed E-state index contributed by atoms with van der Waals surface area (Å²) in [5.74, 6) is -0.172. The first-order valence-corrected chi connectivity index (χ1v) is 14.8. The van der Waals surface area contributed by atoms with Gasteiger partial charge in [0.15, 0.2) is 0 Å². The molecule has 0 bridgehead atoms. The molecule has 1 N–H and O–H groups in total. The van der Waals surface area contributed by atoms with Crippen LogP contribution in [0, 0.1) is 13.8 Å². The molecule has 214 valence electrons. The van der Waals surface area contributed by atoms with Crippen molar-refractivity contribution in [2.75, 3.05) is 18.0 Å². The Labute approximate surface area is 238 Å². The zero-order valence-electron chi connectivity index (χ0n) is 24.0. The van der Waals surface area contributed by atoms with E-state index >= 15 is 0 Å². The lowest BCUT2D eigenvalue weighted by atomic mass is 10.1. The molecule has 0 aromatic heterocycles. The van der Waals surface area contributed by atoms with Gasteiger partial charge < -0.3 is 15.0 Å². The van der Waals surface area contributed by atoms with Gasteiger partial charge in [-0.2, -0.15) is 0 Å². The van der Waals surface area contributed by atoms with Crippen LogP contribution in [0.2, 0.25) is 0 Å². The predicted molar refractivity (Wildman–Crippen MR) is 158 cm³/mol. The van der Waals surface area contributed by atoms with Crippen molar-refractivity contribution in [1.29, 1.82) is 0 Å². The van der Waals surface area contributed by atoms with Gasteiger partial charge in [-0.3, -0.25) is 13.9 Å². The summed E-state index contributed by atoms with van der Waals surface area (Å²) in [5.41, 5.74) is 2.99. The minimum atomic E-state index is -4.10. The third-order valence-corrected chi connectivity index (χ3v) is 8.30. The first-order valence-electron chi connectivity index (χ1n) is 13.3. The average Bonchev–Trinajstić information content (AvgIpc) is 2.92. The number of sulfonamides is 1. The van der Waals surface area contributed by atoms with Crippen LogP contribution in [0.3, 0.4) is 0 Å². The van der Waals surface area contributed by atoms with Gasteiger partial charge in [-0.15, -0.1) is 0 Å². The highest BCUT2D eigenvalue weighted by atomic mass is 32.2. The summed E-state index contributed by atoms with van der Waals surface area (Å²) in [7, 11) is -2.54. The smallest absolute Gasteiger partial charge is 0.264 e. The number of rotatable bonds is 12. The van der Waals surface area contributed by atoms with E-state index in [-0.39, 0.29) is 23.4 Å². The Kier molecular flexibility index (Phi) is 10.3. The number of nitrogens with one attached hydrogen (secondary N) is 1. The molecule has 40 heavy (non-hydrogen) atoms. The van der Waals surface area contributed by atoms with E-state index in [9.17, 15) is 18.0 Å². The second-order valence-electron chi connectivity index (χ2n) is 10.1. The van der Waals surface area contributed by atoms with Gasteiger partial charge in [0.2, 0.25) is 11.8 Å². The molecule has 0 saturated carbocycles. The number of amides is 2. The first kappa shape index (κ1) is 30.7. The molecule has 0 aliphatic heterocycles. The molecule has 3 aromatic rings. The number of nitrogens with zero attached hydrogens (tertiary/aromatic N) is 2. The fourth-order valence-corrected chi connectivity index (χ4v) is 5.76. The monoisotopic (exact) mass is 565 g/mol. The van der Waals surface area contributed by atoms with Crippen LogP contribution in [0.25, 0.3) is 0 Å². The van der Waals surface area contributed by atoms with E-state index in [1.165, 1.54) is 17.0 Å². The first-order chi connectivity index (χ1) is 19.0. The molecule has 0 aliphatic rings. The Bertz CT molecular complexity index is 1400. The van der Waals surface area contributed by atoms with Gasteiger partial charge in [0.1, 0.15) is 18.3 Å². The van der Waals surface area contributed by atoms with Crippen molar-refractivity contribution in [1.82, 2.24) is 10.2 Å². The number of methoxy groups -OCH3 is 1. The van der Waals surface area contributed by atoms with Gasteiger partial charge in [-0.1, -0.05) is 54.4 Å². The average molecular weight is 566 g/mol. The Balaban J connectivity index is 2.06. The van der Waals surface area contributed by atoms with Crippen molar-refractivity contribution in [2.24, 2.45) is 0 Å². The molecule has 0 heterocycles. The molecule has 0 spiro atoms. The molecule has 1 atom stereocenters. The number of anilines is 1. The Morgan fingerprint density at radius 1 is 0.925 bits per heavy atom. The van der Waals surface area contributed by atoms with Crippen molar-refractivity contribution in [3.8, 4) is 5.75 Å². The highest BCUT2D eigenvalue weighted by Crippen LogP contribution is 2.26. The van der Waals surface area contributed by atoms with E-state index < -0.39 is 28.5 Å². The maximum absolute atomic E-state index is 14.1. The van der Waals surface area contributed by atoms with E-state index in [4.69, 9.17) is 4.74 Å². The fraction of sp³-hybridized carbons (Fsp3) is 0.355. The lowest BCUT2D eigenvalue weighted by molar-refractivity contribution is -0.140. The minimum Gasteiger partial charge on any atom is -0.497 e. The minimum absolute atomic E-state index is 0.0791. The second kappa shape index (κ2) is 13.5. The van der Waals surface area contributed by atoms with Crippen molar-refractivity contribution in [3.63, 3.8) is 0 Å². The molecule has 3 aromatic carbocycles. The molecule has 0 aliphatic carbocycles. The molecular weight excluding hydrogens is 526 g/mol. The quantitative estimate of drug-likeness (QED) is 0.339. The van der Waals surface area contributed by atoms with Crippen LogP contribution in [-0.4, -0.2) is 50.9 Å². The summed E-state index contributed by atoms with van der Waals surface area (Å²) in [6, 6.07) is 19.8. The number of ether oxygens (including phenoxy) is 1. The molecule has 0 saturated heterocycles. The molecule has 3 rings (SSSR count). The Hall–Kier alpha value is -3.85. The van der Waals surface area contributed by atoms with Crippen LogP contribution in [0.4, 0.5) is 5.69 Å². The standard InChI is InChI=1S/C31H39N3O5S/c1-7-29(31(36)32-22(2)3)33(20-25-9-8-10-27(19-25)39-6)30(35)21-34(26-15-11-23(4)12-16-26)40(37,38)28-17-13-24(5)14-18-28/h8-19,22,29H,7,20-21H2,1-6H3,(H,32,36)/t29-/m1/s1. The normalized spacial score (nSPS) is 12.1. The molecule has 0 fully saturated rings. The van der Waals surface area contributed by atoms with Crippen LogP contribution in [0.1, 0.15) is 43.9 Å². The van der Waals surface area contributed by atoms with E-state index in [0.29, 0.717) is 17.9 Å². The van der Waals surface area contributed by atoms with Crippen LogP contribution in [0.5, 0.6) is 5.75 Å². The molecule has 0 radical (unpaired) electrons. The SMILES string of the molecule is CC[C@H](C(=O)NC(C)C)N(Cc1cccc(OC)c1)C(=O)CN(c1ccc(C)cc1)S(=O)(=O)c1ccc(C)cc1. The van der Waals surface area contributed by atoms with Crippen LogP contribution >= 0.6 is 0 Å². The maximum atomic E-state index is 14.1. The predicted octanol–water partition coefficient (Wildman–Crippen LogP) is 4.84. The fourth-order valence-electron chi connectivity index (χ4n) is 4.34. The topological polar surface area (TPSA) is 96.0 Å². The van der Waals surface area contributed by atoms with Gasteiger partial charge in [-0.05, 0) is 76.1 Å². The number of hydrogen-bond donors (Lipinski definition) is 1. The summed E-state index contributed by atoms with van der Waals surface area (Å²) in [6.07, 6.45) is 0.351. The third kappa shape index (κ3) is 7.63. The Morgan fingerprint density at radius 2 is 1.52 bits per heavy atom. The van der Waals surface area contributed by atoms with Crippen molar-refractivity contribution in [2.45, 2.75) is 64.6 Å². The van der Waals surface area contributed by atoms with E-state index in [2.05, 4.69) is 5.32 Å². The van der Waals surface area contributed by atoms with Gasteiger partial charge in [-0.25, -0.2) is 8.42 Å². The molecular formula is C31H39N3O5S. The number of hydrogen-bond acceptors (Lipinski definition) is 5. The van der Waals surface area contributed by atoms with Gasteiger partial charge in [0.25, 0.3) is 10.0 Å². The van der Waals surface area contributed by atoms with Crippen molar-refractivity contribution >= 4 is 27.5 Å². The summed E-state index contributed by atoms with van der Waals surface area (Å²) < 4.78 is 34.3. The van der Waals surface area contributed by atoms with Crippen molar-refractivity contribution in [3.05, 3.63) is 89.5 Å². The summed E-state index contributed by atoms with van der Waals surface area (Å²) >= 11 is 0. The van der Waals surface area contributed by atoms with E-state index in [1.807, 2.05) is 46.8 Å². The molecule has 0 unspecified atom stereocenters. The number of carbonyl (C=O) groups excluding carboxylic acids is 2.